The molecule has 22 heavy (non-hydrogen) atoms. The Balaban J connectivity index is 1.74. The molecule has 0 bridgehead atoms. The topological polar surface area (TPSA) is 54.3 Å². The summed E-state index contributed by atoms with van der Waals surface area (Å²) in [5, 5.41) is 2.15. The van der Waals surface area contributed by atoms with Gasteiger partial charge >= 0.3 is 5.97 Å². The maximum absolute atomic E-state index is 12.2. The van der Waals surface area contributed by atoms with Gasteiger partial charge in [0.1, 0.15) is 0 Å². The van der Waals surface area contributed by atoms with Gasteiger partial charge in [0.05, 0.1) is 25.1 Å². The van der Waals surface area contributed by atoms with E-state index in [0.717, 1.165) is 60.6 Å². The van der Waals surface area contributed by atoms with Gasteiger partial charge in [-0.1, -0.05) is 36.4 Å². The maximum Gasteiger partial charge on any atom is 0.311 e. The molecule has 0 aromatic heterocycles. The quantitative estimate of drug-likeness (QED) is 0.739. The van der Waals surface area contributed by atoms with Gasteiger partial charge in [-0.3, -0.25) is 19.7 Å². The van der Waals surface area contributed by atoms with Crippen molar-refractivity contribution in [3.05, 3.63) is 0 Å². The number of aliphatic imine (C=N–C) groups is 2. The summed E-state index contributed by atoms with van der Waals surface area (Å²) in [7, 11) is 0. The van der Waals surface area contributed by atoms with Crippen molar-refractivity contribution < 1.29 is 9.53 Å². The molecule has 0 unspecified atom stereocenters. The zero-order valence-electron chi connectivity index (χ0n) is 13.0. The fourth-order valence-corrected chi connectivity index (χ4v) is 5.04. The minimum Gasteiger partial charge on any atom is -0.466 e. The van der Waals surface area contributed by atoms with Crippen molar-refractivity contribution in [2.24, 2.45) is 15.9 Å². The molecule has 1 saturated heterocycles. The predicted octanol–water partition coefficient (Wildman–Crippen LogP) is 2.62. The molecule has 2 aliphatic heterocycles. The lowest BCUT2D eigenvalue weighted by molar-refractivity contribution is -0.149. The number of carbonyl (C=O) groups excluding carboxylic acids is 1. The number of nitrogens with zero attached hydrogens (tertiary/aromatic N) is 3. The van der Waals surface area contributed by atoms with Crippen LogP contribution < -0.4 is 0 Å². The molecule has 122 valence electrons. The number of ether oxygens (including phenoxy) is 1. The number of hydrogen-bond donors (Lipinski definition) is 0. The minimum absolute atomic E-state index is 0.0672. The molecule has 0 aromatic rings. The minimum atomic E-state index is -0.0707. The van der Waals surface area contributed by atoms with Crippen LogP contribution in [0.25, 0.3) is 0 Å². The second kappa shape index (κ2) is 7.73. The van der Waals surface area contributed by atoms with Gasteiger partial charge in [0, 0.05) is 18.1 Å². The molecule has 2 fully saturated rings. The normalized spacial score (nSPS) is 30.7. The molecule has 3 aliphatic rings. The highest BCUT2D eigenvalue weighted by atomic mass is 32.2. The summed E-state index contributed by atoms with van der Waals surface area (Å²) in [6.45, 7) is 4.20. The molecule has 1 saturated carbocycles. The molecule has 1 aliphatic carbocycles. The smallest absolute Gasteiger partial charge is 0.311 e. The Morgan fingerprint density at radius 1 is 1.36 bits per heavy atom. The number of carbonyl (C=O) groups is 1. The van der Waals surface area contributed by atoms with Crippen molar-refractivity contribution in [2.75, 3.05) is 31.2 Å². The van der Waals surface area contributed by atoms with Crippen LogP contribution in [0.15, 0.2) is 9.98 Å². The fraction of sp³-hybridized carbons (Fsp3) is 0.800. The van der Waals surface area contributed by atoms with E-state index in [4.69, 9.17) is 9.73 Å². The molecule has 5 nitrogen and oxygen atoms in total. The van der Waals surface area contributed by atoms with Gasteiger partial charge < -0.3 is 4.74 Å². The zero-order valence-corrected chi connectivity index (χ0v) is 14.6. The average molecular weight is 342 g/mol. The van der Waals surface area contributed by atoms with Crippen LogP contribution in [0.3, 0.4) is 0 Å². The largest absolute Gasteiger partial charge is 0.466 e. The second-order valence-corrected chi connectivity index (χ2v) is 7.76. The van der Waals surface area contributed by atoms with E-state index in [1.807, 2.05) is 18.7 Å². The van der Waals surface area contributed by atoms with Crippen molar-refractivity contribution in [3.8, 4) is 0 Å². The third kappa shape index (κ3) is 3.62. The van der Waals surface area contributed by atoms with Crippen LogP contribution in [-0.4, -0.2) is 58.4 Å². The first-order valence-electron chi connectivity index (χ1n) is 8.11. The average Bonchev–Trinajstić information content (AvgIpc) is 3.18. The van der Waals surface area contributed by atoms with Crippen molar-refractivity contribution in [1.82, 2.24) is 4.90 Å². The summed E-state index contributed by atoms with van der Waals surface area (Å²) in [5.41, 5.74) is 0. The number of esters is 1. The Labute approximate surface area is 140 Å². The van der Waals surface area contributed by atoms with Gasteiger partial charge in [0.25, 0.3) is 0 Å². The van der Waals surface area contributed by atoms with E-state index in [-0.39, 0.29) is 17.9 Å². The lowest BCUT2D eigenvalue weighted by Crippen LogP contribution is -2.35. The molecular weight excluding hydrogens is 318 g/mol. The van der Waals surface area contributed by atoms with Gasteiger partial charge in [-0.25, -0.2) is 0 Å². The van der Waals surface area contributed by atoms with Crippen LogP contribution in [0.2, 0.25) is 0 Å². The first kappa shape index (κ1) is 16.2. The van der Waals surface area contributed by atoms with Gasteiger partial charge in [-0.2, -0.15) is 0 Å². The molecule has 7 heteroatoms. The molecule has 2 heterocycles. The second-order valence-electron chi connectivity index (χ2n) is 5.63. The van der Waals surface area contributed by atoms with Crippen LogP contribution in [0.1, 0.15) is 32.6 Å². The summed E-state index contributed by atoms with van der Waals surface area (Å²) in [6.07, 6.45) is 4.14. The zero-order chi connectivity index (χ0) is 15.4. The lowest BCUT2D eigenvalue weighted by atomic mass is 9.85. The first-order chi connectivity index (χ1) is 10.8. The Hall–Kier alpha value is -0.690. The van der Waals surface area contributed by atoms with E-state index in [0.29, 0.717) is 6.61 Å². The fourth-order valence-electron chi connectivity index (χ4n) is 3.11. The number of rotatable bonds is 3. The molecule has 0 N–H and O–H groups in total. The monoisotopic (exact) mass is 341 g/mol. The third-order valence-corrected chi connectivity index (χ3v) is 6.14. The third-order valence-electron chi connectivity index (χ3n) is 4.17. The van der Waals surface area contributed by atoms with E-state index in [1.165, 1.54) is 0 Å². The van der Waals surface area contributed by atoms with Gasteiger partial charge in [0.15, 0.2) is 10.3 Å². The van der Waals surface area contributed by atoms with E-state index in [2.05, 4.69) is 9.89 Å². The highest BCUT2D eigenvalue weighted by Gasteiger charge is 2.34. The molecular formula is C15H23N3O2S2. The Morgan fingerprint density at radius 3 is 3.00 bits per heavy atom. The van der Waals surface area contributed by atoms with E-state index >= 15 is 0 Å². The van der Waals surface area contributed by atoms with E-state index in [9.17, 15) is 4.79 Å². The Kier molecular flexibility index (Phi) is 5.68. The Morgan fingerprint density at radius 2 is 2.23 bits per heavy atom. The van der Waals surface area contributed by atoms with Crippen LogP contribution in [0.5, 0.6) is 0 Å². The van der Waals surface area contributed by atoms with Crippen LogP contribution in [-0.2, 0) is 9.53 Å². The summed E-state index contributed by atoms with van der Waals surface area (Å²) < 4.78 is 5.25. The molecule has 0 amide bonds. The SMILES string of the molecule is CCOC(=O)[C@@H]1CCCC[C@H]1N=C1SCCN1C1=NCCS1. The van der Waals surface area contributed by atoms with Crippen molar-refractivity contribution in [1.29, 1.82) is 0 Å². The van der Waals surface area contributed by atoms with Gasteiger partial charge in [0.2, 0.25) is 0 Å². The summed E-state index contributed by atoms with van der Waals surface area (Å²) >= 11 is 3.60. The maximum atomic E-state index is 12.2. The van der Waals surface area contributed by atoms with E-state index in [1.54, 1.807) is 11.8 Å². The standard InChI is InChI=1S/C15H23N3O2S2/c1-2-20-13(19)11-5-3-4-6-12(11)17-15-18(8-10-22-15)14-16-7-9-21-14/h11-12H,2-10H2,1H3/t11-,12-/m1/s1. The number of amidine groups is 2. The van der Waals surface area contributed by atoms with Crippen LogP contribution >= 0.6 is 23.5 Å². The van der Waals surface area contributed by atoms with Gasteiger partial charge in [-0.05, 0) is 19.8 Å². The molecule has 0 spiro atoms. The molecule has 3 rings (SSSR count). The first-order valence-corrected chi connectivity index (χ1v) is 10.1. The summed E-state index contributed by atoms with van der Waals surface area (Å²) in [6, 6.07) is 0.0721. The highest BCUT2D eigenvalue weighted by Crippen LogP contribution is 2.31. The van der Waals surface area contributed by atoms with Crippen LogP contribution in [0.4, 0.5) is 0 Å². The summed E-state index contributed by atoms with van der Waals surface area (Å²) in [5.74, 6) is 1.98. The lowest BCUT2D eigenvalue weighted by Gasteiger charge is -2.28. The molecule has 0 aromatic carbocycles. The van der Waals surface area contributed by atoms with Crippen molar-refractivity contribution in [3.63, 3.8) is 0 Å². The molecule has 0 radical (unpaired) electrons. The highest BCUT2D eigenvalue weighted by molar-refractivity contribution is 8.16. The van der Waals surface area contributed by atoms with Gasteiger partial charge in [-0.15, -0.1) is 0 Å². The predicted molar refractivity (Wildman–Crippen MR) is 93.7 cm³/mol. The van der Waals surface area contributed by atoms with Crippen molar-refractivity contribution >= 4 is 39.8 Å². The van der Waals surface area contributed by atoms with E-state index < -0.39 is 0 Å². The Bertz CT molecular complexity index is 481. The number of hydrogen-bond acceptors (Lipinski definition) is 6. The van der Waals surface area contributed by atoms with Crippen molar-refractivity contribution in [2.45, 2.75) is 38.6 Å². The summed E-state index contributed by atoms with van der Waals surface area (Å²) in [4.78, 5) is 23.9. The number of thioether (sulfide) groups is 2. The van der Waals surface area contributed by atoms with Crippen LogP contribution in [0, 0.1) is 5.92 Å². The molecule has 2 atom stereocenters.